The highest BCUT2D eigenvalue weighted by molar-refractivity contribution is 5.92. The van der Waals surface area contributed by atoms with E-state index in [2.05, 4.69) is 22.2 Å². The van der Waals surface area contributed by atoms with Crippen molar-refractivity contribution in [3.63, 3.8) is 0 Å². The van der Waals surface area contributed by atoms with Gasteiger partial charge in [-0.1, -0.05) is 12.1 Å². The molecule has 0 bridgehead atoms. The van der Waals surface area contributed by atoms with Gasteiger partial charge in [-0.2, -0.15) is 10.1 Å². The first-order valence-corrected chi connectivity index (χ1v) is 8.18. The van der Waals surface area contributed by atoms with Gasteiger partial charge in [0.15, 0.2) is 5.82 Å². The first-order valence-electron chi connectivity index (χ1n) is 8.18. The van der Waals surface area contributed by atoms with Crippen LogP contribution in [0.15, 0.2) is 16.8 Å². The lowest BCUT2D eigenvalue weighted by atomic mass is 9.81. The molecule has 1 saturated heterocycles. The number of nitrogens with zero attached hydrogens (tertiary/aromatic N) is 5. The van der Waals surface area contributed by atoms with Crippen LogP contribution in [-0.2, 0) is 12.5 Å². The summed E-state index contributed by atoms with van der Waals surface area (Å²) in [5.41, 5.74) is 0.239. The van der Waals surface area contributed by atoms with Gasteiger partial charge in [0.2, 0.25) is 5.89 Å². The zero-order valence-electron chi connectivity index (χ0n) is 13.5. The van der Waals surface area contributed by atoms with Crippen LogP contribution in [-0.4, -0.2) is 43.8 Å². The second kappa shape index (κ2) is 5.18. The third kappa shape index (κ3) is 2.64. The van der Waals surface area contributed by atoms with Crippen molar-refractivity contribution in [1.29, 1.82) is 0 Å². The van der Waals surface area contributed by atoms with E-state index in [1.807, 2.05) is 11.9 Å². The molecule has 0 N–H and O–H groups in total. The van der Waals surface area contributed by atoms with Crippen LogP contribution in [0.25, 0.3) is 0 Å². The first kappa shape index (κ1) is 14.4. The van der Waals surface area contributed by atoms with Gasteiger partial charge in [0, 0.05) is 37.7 Å². The Balaban J connectivity index is 1.54. The highest BCUT2D eigenvalue weighted by atomic mass is 16.5. The normalized spacial score (nSPS) is 24.9. The lowest BCUT2D eigenvalue weighted by Crippen LogP contribution is -2.47. The summed E-state index contributed by atoms with van der Waals surface area (Å²) in [4.78, 5) is 19.1. The molecule has 1 aliphatic heterocycles. The molecule has 0 aromatic carbocycles. The van der Waals surface area contributed by atoms with E-state index in [0.29, 0.717) is 18.2 Å². The summed E-state index contributed by atoms with van der Waals surface area (Å²) in [6.45, 7) is 3.47. The first-order chi connectivity index (χ1) is 11.0. The average molecular weight is 315 g/mol. The van der Waals surface area contributed by atoms with Gasteiger partial charge in [-0.25, -0.2) is 0 Å². The summed E-state index contributed by atoms with van der Waals surface area (Å²) < 4.78 is 7.06. The monoisotopic (exact) mass is 315 g/mol. The van der Waals surface area contributed by atoms with Crippen molar-refractivity contribution in [1.82, 2.24) is 24.8 Å². The maximum atomic E-state index is 12.6. The molecule has 1 amide bonds. The molecule has 1 saturated carbocycles. The molecular formula is C16H21N5O2. The van der Waals surface area contributed by atoms with E-state index in [1.54, 1.807) is 16.9 Å². The van der Waals surface area contributed by atoms with Crippen molar-refractivity contribution < 1.29 is 9.32 Å². The van der Waals surface area contributed by atoms with Gasteiger partial charge in [0.25, 0.3) is 5.91 Å². The van der Waals surface area contributed by atoms with E-state index in [-0.39, 0.29) is 11.3 Å². The van der Waals surface area contributed by atoms with Crippen molar-refractivity contribution in [2.75, 3.05) is 13.1 Å². The molecule has 122 valence electrons. The second-order valence-corrected chi connectivity index (χ2v) is 7.00. The number of carbonyl (C=O) groups excluding carboxylic acids is 1. The highest BCUT2D eigenvalue weighted by Crippen LogP contribution is 2.40. The number of piperidine rings is 1. The maximum absolute atomic E-state index is 12.6. The van der Waals surface area contributed by atoms with Crippen LogP contribution in [0, 0.1) is 0 Å². The standard InChI is InChI=1S/C16H21N5O2/c1-16(15-17-13(23-19-15)11-4-5-11)7-3-8-21(10-16)14(22)12-6-9-20(2)18-12/h6,9,11H,3-5,7-8,10H2,1-2H3. The van der Waals surface area contributed by atoms with Crippen LogP contribution in [0.4, 0.5) is 0 Å². The van der Waals surface area contributed by atoms with Gasteiger partial charge in [-0.15, -0.1) is 0 Å². The van der Waals surface area contributed by atoms with Gasteiger partial charge < -0.3 is 9.42 Å². The Hall–Kier alpha value is -2.18. The van der Waals surface area contributed by atoms with E-state index in [9.17, 15) is 4.79 Å². The number of hydrogen-bond acceptors (Lipinski definition) is 5. The minimum Gasteiger partial charge on any atom is -0.339 e. The van der Waals surface area contributed by atoms with Crippen LogP contribution in [0.5, 0.6) is 0 Å². The molecule has 2 aliphatic rings. The summed E-state index contributed by atoms with van der Waals surface area (Å²) in [5.74, 6) is 1.92. The van der Waals surface area contributed by atoms with Crippen molar-refractivity contribution in [2.45, 2.75) is 43.9 Å². The lowest BCUT2D eigenvalue weighted by molar-refractivity contribution is 0.0635. The third-order valence-electron chi connectivity index (χ3n) is 4.82. The molecule has 2 fully saturated rings. The van der Waals surface area contributed by atoms with Crippen molar-refractivity contribution in [3.05, 3.63) is 29.7 Å². The fourth-order valence-electron chi connectivity index (χ4n) is 3.26. The topological polar surface area (TPSA) is 77.0 Å². The molecule has 2 aromatic heterocycles. The SMILES string of the molecule is Cn1ccc(C(=O)N2CCCC(C)(c3noc(C4CC4)n3)C2)n1. The molecule has 4 rings (SSSR count). The zero-order valence-corrected chi connectivity index (χ0v) is 13.5. The Morgan fingerprint density at radius 1 is 1.43 bits per heavy atom. The van der Waals surface area contributed by atoms with E-state index in [0.717, 1.165) is 43.9 Å². The molecule has 23 heavy (non-hydrogen) atoms. The van der Waals surface area contributed by atoms with Crippen molar-refractivity contribution >= 4 is 5.91 Å². The van der Waals surface area contributed by atoms with Crippen LogP contribution in [0.3, 0.4) is 0 Å². The predicted molar refractivity (Wildman–Crippen MR) is 82.0 cm³/mol. The van der Waals surface area contributed by atoms with Crippen LogP contribution in [0.1, 0.15) is 60.7 Å². The maximum Gasteiger partial charge on any atom is 0.274 e. The summed E-state index contributed by atoms with van der Waals surface area (Å²) in [5, 5.41) is 8.42. The summed E-state index contributed by atoms with van der Waals surface area (Å²) >= 11 is 0. The second-order valence-electron chi connectivity index (χ2n) is 7.00. The van der Waals surface area contributed by atoms with Crippen LogP contribution < -0.4 is 0 Å². The number of amides is 1. The summed E-state index contributed by atoms with van der Waals surface area (Å²) in [6.07, 6.45) is 5.97. The number of rotatable bonds is 3. The summed E-state index contributed by atoms with van der Waals surface area (Å²) in [6, 6.07) is 1.76. The van der Waals surface area contributed by atoms with Crippen LogP contribution >= 0.6 is 0 Å². The minimum atomic E-state index is -0.251. The van der Waals surface area contributed by atoms with E-state index in [1.165, 1.54) is 0 Å². The predicted octanol–water partition coefficient (Wildman–Crippen LogP) is 1.87. The Kier molecular flexibility index (Phi) is 3.25. The van der Waals surface area contributed by atoms with Gasteiger partial charge in [-0.05, 0) is 31.7 Å². The minimum absolute atomic E-state index is 0.0255. The average Bonchev–Trinajstić information content (AvgIpc) is 3.09. The number of aryl methyl sites for hydroxylation is 1. The summed E-state index contributed by atoms with van der Waals surface area (Å²) in [7, 11) is 1.82. The fraction of sp³-hybridized carbons (Fsp3) is 0.625. The largest absolute Gasteiger partial charge is 0.339 e. The molecule has 1 aliphatic carbocycles. The molecule has 2 aromatic rings. The zero-order chi connectivity index (χ0) is 16.0. The van der Waals surface area contributed by atoms with Crippen molar-refractivity contribution in [3.8, 4) is 0 Å². The highest BCUT2D eigenvalue weighted by Gasteiger charge is 2.40. The molecule has 1 unspecified atom stereocenters. The molecular weight excluding hydrogens is 294 g/mol. The Labute approximate surface area is 134 Å². The van der Waals surface area contributed by atoms with Gasteiger partial charge >= 0.3 is 0 Å². The smallest absolute Gasteiger partial charge is 0.274 e. The van der Waals surface area contributed by atoms with Gasteiger partial charge in [0.1, 0.15) is 5.69 Å². The molecule has 3 heterocycles. The van der Waals surface area contributed by atoms with E-state index >= 15 is 0 Å². The number of carbonyl (C=O) groups is 1. The van der Waals surface area contributed by atoms with Gasteiger partial charge in [-0.3, -0.25) is 9.48 Å². The Morgan fingerprint density at radius 2 is 2.26 bits per heavy atom. The number of hydrogen-bond donors (Lipinski definition) is 0. The fourth-order valence-corrected chi connectivity index (χ4v) is 3.26. The third-order valence-corrected chi connectivity index (χ3v) is 4.82. The molecule has 7 heteroatoms. The number of aromatic nitrogens is 4. The van der Waals surface area contributed by atoms with Crippen LogP contribution in [0.2, 0.25) is 0 Å². The lowest BCUT2D eigenvalue weighted by Gasteiger charge is -2.38. The van der Waals surface area contributed by atoms with Gasteiger partial charge in [0.05, 0.1) is 0 Å². The Morgan fingerprint density at radius 3 is 2.96 bits per heavy atom. The molecule has 7 nitrogen and oxygen atoms in total. The quantitative estimate of drug-likeness (QED) is 0.864. The molecule has 1 atom stereocenters. The Bertz CT molecular complexity index is 732. The molecule has 0 spiro atoms. The van der Waals surface area contributed by atoms with E-state index < -0.39 is 0 Å². The molecule has 0 radical (unpaired) electrons. The van der Waals surface area contributed by atoms with Crippen molar-refractivity contribution in [2.24, 2.45) is 7.05 Å². The van der Waals surface area contributed by atoms with E-state index in [4.69, 9.17) is 4.52 Å². The number of likely N-dealkylation sites (tertiary alicyclic amines) is 1.